The fraction of sp³-hybridized carbons (Fsp3) is 0.550. The molecular weight excluding hydrogens is 334 g/mol. The molecule has 5 heteroatoms. The topological polar surface area (TPSA) is 54.5 Å². The molecule has 1 spiro atoms. The van der Waals surface area contributed by atoms with E-state index < -0.39 is 21.5 Å². The number of benzene rings is 1. The monoisotopic (exact) mass is 357 g/mol. The summed E-state index contributed by atoms with van der Waals surface area (Å²) in [5.41, 5.74) is -0.602. The number of Topliss-reactive ketones (excluding diaryl/α,β-unsaturated/α-hetero) is 1. The van der Waals surface area contributed by atoms with Crippen molar-refractivity contribution in [3.05, 3.63) is 30.3 Å². The van der Waals surface area contributed by atoms with E-state index in [1.807, 2.05) is 52.8 Å². The van der Waals surface area contributed by atoms with E-state index in [-0.39, 0.29) is 28.8 Å². The standard InChI is InChI=1S/C20H23NO3S/c1-11-13-14(20(25-11)18(2,3)17(24)19(20,4)5)16(23)21(15(13)22)12-9-7-6-8-10-12/h6-11,13-14H,1-5H3. The zero-order valence-electron chi connectivity index (χ0n) is 15.2. The number of ketones is 1. The first-order chi connectivity index (χ1) is 11.6. The summed E-state index contributed by atoms with van der Waals surface area (Å²) < 4.78 is -0.530. The lowest BCUT2D eigenvalue weighted by atomic mass is 9.42. The van der Waals surface area contributed by atoms with Crippen molar-refractivity contribution >= 4 is 35.0 Å². The predicted octanol–water partition coefficient (Wildman–Crippen LogP) is 3.30. The summed E-state index contributed by atoms with van der Waals surface area (Å²) in [6.45, 7) is 9.76. The number of thioether (sulfide) groups is 1. The fourth-order valence-electron chi connectivity index (χ4n) is 5.77. The van der Waals surface area contributed by atoms with Crippen molar-refractivity contribution in [1.29, 1.82) is 0 Å². The van der Waals surface area contributed by atoms with E-state index >= 15 is 0 Å². The highest BCUT2D eigenvalue weighted by atomic mass is 32.2. The Bertz CT molecular complexity index is 780. The zero-order chi connectivity index (χ0) is 18.4. The van der Waals surface area contributed by atoms with E-state index in [9.17, 15) is 14.4 Å². The highest BCUT2D eigenvalue weighted by molar-refractivity contribution is 8.01. The van der Waals surface area contributed by atoms with Gasteiger partial charge in [0.05, 0.1) is 22.3 Å². The van der Waals surface area contributed by atoms with Crippen molar-refractivity contribution < 1.29 is 14.4 Å². The van der Waals surface area contributed by atoms with E-state index in [0.717, 1.165) is 0 Å². The summed E-state index contributed by atoms with van der Waals surface area (Å²) >= 11 is 1.68. The van der Waals surface area contributed by atoms with E-state index in [1.165, 1.54) is 4.90 Å². The lowest BCUT2D eigenvalue weighted by molar-refractivity contribution is -0.166. The third-order valence-corrected chi connectivity index (χ3v) is 8.98. The average molecular weight is 357 g/mol. The van der Waals surface area contributed by atoms with Gasteiger partial charge in [-0.3, -0.25) is 14.4 Å². The molecule has 3 unspecified atom stereocenters. The molecule has 25 heavy (non-hydrogen) atoms. The van der Waals surface area contributed by atoms with Crippen molar-refractivity contribution in [2.45, 2.75) is 44.6 Å². The molecular formula is C20H23NO3S. The highest BCUT2D eigenvalue weighted by Crippen LogP contribution is 2.75. The van der Waals surface area contributed by atoms with E-state index in [2.05, 4.69) is 0 Å². The Kier molecular flexibility index (Phi) is 3.20. The number of rotatable bonds is 1. The van der Waals surface area contributed by atoms with Crippen LogP contribution < -0.4 is 4.90 Å². The van der Waals surface area contributed by atoms with Crippen LogP contribution in [-0.2, 0) is 14.4 Å². The minimum Gasteiger partial charge on any atom is -0.298 e. The van der Waals surface area contributed by atoms with Crippen LogP contribution in [-0.4, -0.2) is 27.6 Å². The molecule has 4 rings (SSSR count). The van der Waals surface area contributed by atoms with Gasteiger partial charge < -0.3 is 0 Å². The summed E-state index contributed by atoms with van der Waals surface area (Å²) in [6.07, 6.45) is 0. The van der Waals surface area contributed by atoms with Gasteiger partial charge in [-0.25, -0.2) is 4.90 Å². The third kappa shape index (κ3) is 1.64. The van der Waals surface area contributed by atoms with Gasteiger partial charge in [-0.2, -0.15) is 0 Å². The van der Waals surface area contributed by atoms with Gasteiger partial charge in [0, 0.05) is 16.1 Å². The van der Waals surface area contributed by atoms with Crippen molar-refractivity contribution in [1.82, 2.24) is 0 Å². The number of carbonyl (C=O) groups is 3. The molecule has 3 atom stereocenters. The molecule has 132 valence electrons. The summed E-state index contributed by atoms with van der Waals surface area (Å²) in [5, 5.41) is 0.0156. The SMILES string of the molecule is CC1SC2(C3C(=O)N(c4ccccc4)C(=O)C13)C(C)(C)C(=O)C2(C)C. The molecule has 0 aromatic heterocycles. The Morgan fingerprint density at radius 1 is 0.920 bits per heavy atom. The van der Waals surface area contributed by atoms with Crippen molar-refractivity contribution in [2.24, 2.45) is 22.7 Å². The number of amides is 2. The van der Waals surface area contributed by atoms with Crippen LogP contribution in [0, 0.1) is 22.7 Å². The molecule has 3 fully saturated rings. The average Bonchev–Trinajstić information content (AvgIpc) is 3.03. The molecule has 1 aromatic carbocycles. The van der Waals surface area contributed by atoms with Gasteiger partial charge >= 0.3 is 0 Å². The molecule has 1 aromatic rings. The Labute approximate surface area is 152 Å². The molecule has 3 aliphatic rings. The van der Waals surface area contributed by atoms with Crippen molar-refractivity contribution in [3.63, 3.8) is 0 Å². The molecule has 1 saturated carbocycles. The van der Waals surface area contributed by atoms with Gasteiger partial charge in [0.25, 0.3) is 0 Å². The van der Waals surface area contributed by atoms with Gasteiger partial charge in [0.2, 0.25) is 11.8 Å². The Hall–Kier alpha value is -1.62. The third-order valence-electron chi connectivity index (χ3n) is 6.67. The first kappa shape index (κ1) is 16.8. The molecule has 2 amide bonds. The molecule has 2 aliphatic heterocycles. The zero-order valence-corrected chi connectivity index (χ0v) is 16.0. The van der Waals surface area contributed by atoms with Crippen LogP contribution in [0.5, 0.6) is 0 Å². The first-order valence-corrected chi connectivity index (χ1v) is 9.62. The fourth-order valence-corrected chi connectivity index (χ4v) is 7.95. The maximum atomic E-state index is 13.4. The summed E-state index contributed by atoms with van der Waals surface area (Å²) in [6, 6.07) is 9.12. The van der Waals surface area contributed by atoms with Crippen LogP contribution in [0.1, 0.15) is 34.6 Å². The summed E-state index contributed by atoms with van der Waals surface area (Å²) in [4.78, 5) is 40.7. The number of nitrogens with zero attached hydrogens (tertiary/aromatic N) is 1. The van der Waals surface area contributed by atoms with Crippen LogP contribution in [0.25, 0.3) is 0 Å². The van der Waals surface area contributed by atoms with Gasteiger partial charge in [-0.1, -0.05) is 52.8 Å². The number of imide groups is 1. The number of anilines is 1. The Morgan fingerprint density at radius 3 is 2.04 bits per heavy atom. The van der Waals surface area contributed by atoms with Gasteiger partial charge in [-0.15, -0.1) is 11.8 Å². The number of carbonyl (C=O) groups excluding carboxylic acids is 3. The van der Waals surface area contributed by atoms with Crippen LogP contribution in [0.4, 0.5) is 5.69 Å². The van der Waals surface area contributed by atoms with E-state index in [1.54, 1.807) is 23.9 Å². The molecule has 4 nitrogen and oxygen atoms in total. The Morgan fingerprint density at radius 2 is 1.48 bits per heavy atom. The molecule has 2 saturated heterocycles. The normalized spacial score (nSPS) is 34.4. The second-order valence-electron chi connectivity index (χ2n) is 8.49. The van der Waals surface area contributed by atoms with Crippen molar-refractivity contribution in [2.75, 3.05) is 4.90 Å². The maximum Gasteiger partial charge on any atom is 0.239 e. The number of fused-ring (bicyclic) bond motifs is 2. The minimum atomic E-state index is -0.614. The van der Waals surface area contributed by atoms with Crippen LogP contribution >= 0.6 is 11.8 Å². The number of hydrogen-bond acceptors (Lipinski definition) is 4. The van der Waals surface area contributed by atoms with E-state index in [4.69, 9.17) is 0 Å². The molecule has 0 N–H and O–H groups in total. The molecule has 0 bridgehead atoms. The van der Waals surface area contributed by atoms with Crippen LogP contribution in [0.3, 0.4) is 0 Å². The minimum absolute atomic E-state index is 0.0156. The second kappa shape index (κ2) is 4.76. The number of hydrogen-bond donors (Lipinski definition) is 0. The number of para-hydroxylation sites is 1. The van der Waals surface area contributed by atoms with Crippen LogP contribution in [0.15, 0.2) is 30.3 Å². The van der Waals surface area contributed by atoms with Gasteiger partial charge in [0.15, 0.2) is 0 Å². The summed E-state index contributed by atoms with van der Waals surface area (Å²) in [5.74, 6) is -0.887. The predicted molar refractivity (Wildman–Crippen MR) is 98.3 cm³/mol. The van der Waals surface area contributed by atoms with Gasteiger partial charge in [-0.05, 0) is 12.1 Å². The molecule has 1 aliphatic carbocycles. The lowest BCUT2D eigenvalue weighted by Gasteiger charge is -2.65. The smallest absolute Gasteiger partial charge is 0.239 e. The summed E-state index contributed by atoms with van der Waals surface area (Å²) in [7, 11) is 0. The largest absolute Gasteiger partial charge is 0.298 e. The quantitative estimate of drug-likeness (QED) is 0.724. The van der Waals surface area contributed by atoms with E-state index in [0.29, 0.717) is 5.69 Å². The van der Waals surface area contributed by atoms with Crippen LogP contribution in [0.2, 0.25) is 0 Å². The Balaban J connectivity index is 1.86. The highest BCUT2D eigenvalue weighted by Gasteiger charge is 2.82. The van der Waals surface area contributed by atoms with Gasteiger partial charge in [0.1, 0.15) is 5.78 Å². The molecule has 0 radical (unpaired) electrons. The maximum absolute atomic E-state index is 13.4. The lowest BCUT2D eigenvalue weighted by Crippen LogP contribution is -2.75. The first-order valence-electron chi connectivity index (χ1n) is 8.74. The second-order valence-corrected chi connectivity index (χ2v) is 10.1. The van der Waals surface area contributed by atoms with Crippen molar-refractivity contribution in [3.8, 4) is 0 Å². The molecule has 2 heterocycles.